The summed E-state index contributed by atoms with van der Waals surface area (Å²) in [4.78, 5) is 0. The number of benzene rings is 1. The largest absolute Gasteiger partial charge is 0.493 e. The standard InChI is InChI=1S/C22H22N4O5/c1-27-14-8-13(9-15(28-2)17(14)29-3)18-20(10-23,11-24)21(12-25)16-6-4-5-7-22(16,30-18)31-19(21)26/h8-9,16,18,26H,4-7H2,1-3H3/t16-,18+,21-,22+/m0/s1. The van der Waals surface area contributed by atoms with E-state index in [4.69, 9.17) is 29.1 Å². The zero-order chi connectivity index (χ0) is 22.4. The van der Waals surface area contributed by atoms with Crippen molar-refractivity contribution in [3.05, 3.63) is 17.7 Å². The summed E-state index contributed by atoms with van der Waals surface area (Å²) < 4.78 is 28.5. The van der Waals surface area contributed by atoms with Crippen molar-refractivity contribution in [3.63, 3.8) is 0 Å². The summed E-state index contributed by atoms with van der Waals surface area (Å²) in [5.74, 6) is -1.19. The summed E-state index contributed by atoms with van der Waals surface area (Å²) >= 11 is 0. The van der Waals surface area contributed by atoms with Gasteiger partial charge in [0.15, 0.2) is 16.9 Å². The van der Waals surface area contributed by atoms with Crippen LogP contribution in [0.15, 0.2) is 12.1 Å². The lowest BCUT2D eigenvalue weighted by Gasteiger charge is -2.51. The topological polar surface area (TPSA) is 141 Å². The SMILES string of the molecule is COc1cc([C@H]2O[C@@]34CCCC[C@H]3[C@@](C#N)(C(=N)O4)C2(C#N)C#N)cc(OC)c1OC. The number of methoxy groups -OCH3 is 3. The molecule has 0 aromatic heterocycles. The number of hydrogen-bond donors (Lipinski definition) is 1. The first kappa shape index (κ1) is 20.8. The van der Waals surface area contributed by atoms with E-state index in [0.29, 0.717) is 35.7 Å². The van der Waals surface area contributed by atoms with E-state index in [1.807, 2.05) is 0 Å². The molecule has 0 unspecified atom stereocenters. The minimum atomic E-state index is -2.01. The van der Waals surface area contributed by atoms with Gasteiger partial charge in [-0.05, 0) is 30.5 Å². The smallest absolute Gasteiger partial charge is 0.217 e. The monoisotopic (exact) mass is 422 g/mol. The summed E-state index contributed by atoms with van der Waals surface area (Å²) in [6.07, 6.45) is 1.42. The third-order valence-electron chi connectivity index (χ3n) is 6.81. The molecule has 2 heterocycles. The molecule has 3 fully saturated rings. The summed E-state index contributed by atoms with van der Waals surface area (Å²) in [5.41, 5.74) is -3.36. The van der Waals surface area contributed by atoms with Crippen molar-refractivity contribution in [1.29, 1.82) is 21.2 Å². The highest BCUT2D eigenvalue weighted by molar-refractivity contribution is 5.89. The molecule has 0 radical (unpaired) electrons. The van der Waals surface area contributed by atoms with Crippen molar-refractivity contribution in [2.24, 2.45) is 16.7 Å². The van der Waals surface area contributed by atoms with E-state index >= 15 is 0 Å². The minimum Gasteiger partial charge on any atom is -0.493 e. The summed E-state index contributed by atoms with van der Waals surface area (Å²) in [6, 6.07) is 9.48. The summed E-state index contributed by atoms with van der Waals surface area (Å²) in [5, 5.41) is 39.5. The number of rotatable bonds is 4. The van der Waals surface area contributed by atoms with Crippen molar-refractivity contribution in [2.75, 3.05) is 21.3 Å². The summed E-state index contributed by atoms with van der Waals surface area (Å²) in [6.45, 7) is 0. The number of nitrogens with one attached hydrogen (secondary N) is 1. The van der Waals surface area contributed by atoms with Crippen molar-refractivity contribution in [3.8, 4) is 35.5 Å². The molecule has 1 aromatic carbocycles. The second-order valence-corrected chi connectivity index (χ2v) is 7.95. The molecular formula is C22H22N4O5. The van der Waals surface area contributed by atoms with Gasteiger partial charge in [-0.2, -0.15) is 15.8 Å². The van der Waals surface area contributed by atoms with Crippen molar-refractivity contribution < 1.29 is 23.7 Å². The van der Waals surface area contributed by atoms with Gasteiger partial charge in [0.25, 0.3) is 0 Å². The normalized spacial score (nSPS) is 32.5. The second kappa shape index (κ2) is 7.04. The maximum absolute atomic E-state index is 10.3. The van der Waals surface area contributed by atoms with Crippen LogP contribution in [0.2, 0.25) is 0 Å². The first-order chi connectivity index (χ1) is 14.9. The Morgan fingerprint density at radius 2 is 1.65 bits per heavy atom. The van der Waals surface area contributed by atoms with Gasteiger partial charge in [0.05, 0.1) is 45.5 Å². The number of hydrogen-bond acceptors (Lipinski definition) is 9. The van der Waals surface area contributed by atoms with E-state index in [0.717, 1.165) is 12.8 Å². The van der Waals surface area contributed by atoms with E-state index in [1.54, 1.807) is 12.1 Å². The summed E-state index contributed by atoms with van der Waals surface area (Å²) in [7, 11) is 4.39. The predicted molar refractivity (Wildman–Crippen MR) is 105 cm³/mol. The fraction of sp³-hybridized carbons (Fsp3) is 0.545. The van der Waals surface area contributed by atoms with Crippen LogP contribution < -0.4 is 14.2 Å². The van der Waals surface area contributed by atoms with Gasteiger partial charge in [-0.15, -0.1) is 0 Å². The van der Waals surface area contributed by atoms with Gasteiger partial charge >= 0.3 is 0 Å². The molecule has 2 bridgehead atoms. The average Bonchev–Trinajstić information content (AvgIpc) is 3.02. The fourth-order valence-electron chi connectivity index (χ4n) is 5.41. The van der Waals surface area contributed by atoms with E-state index < -0.39 is 28.6 Å². The number of ether oxygens (including phenoxy) is 5. The molecule has 0 amide bonds. The van der Waals surface area contributed by atoms with Crippen molar-refractivity contribution in [1.82, 2.24) is 0 Å². The molecule has 2 saturated heterocycles. The Balaban J connectivity index is 2.00. The molecule has 1 saturated carbocycles. The molecule has 9 nitrogen and oxygen atoms in total. The van der Waals surface area contributed by atoms with Crippen LogP contribution in [-0.2, 0) is 9.47 Å². The van der Waals surface area contributed by atoms with Crippen molar-refractivity contribution >= 4 is 5.90 Å². The lowest BCUT2D eigenvalue weighted by atomic mass is 9.51. The molecule has 4 atom stereocenters. The molecule has 160 valence electrons. The molecule has 1 aliphatic carbocycles. The second-order valence-electron chi connectivity index (χ2n) is 7.95. The lowest BCUT2D eigenvalue weighted by molar-refractivity contribution is -0.294. The van der Waals surface area contributed by atoms with E-state index in [9.17, 15) is 15.8 Å². The van der Waals surface area contributed by atoms with E-state index in [1.165, 1.54) is 21.3 Å². The van der Waals surface area contributed by atoms with Crippen LogP contribution in [0.5, 0.6) is 17.2 Å². The van der Waals surface area contributed by atoms with Gasteiger partial charge < -0.3 is 23.7 Å². The molecule has 31 heavy (non-hydrogen) atoms. The van der Waals surface area contributed by atoms with Crippen LogP contribution >= 0.6 is 0 Å². The van der Waals surface area contributed by atoms with Crippen LogP contribution in [0.4, 0.5) is 0 Å². The van der Waals surface area contributed by atoms with Gasteiger partial charge in [-0.3, -0.25) is 5.41 Å². The number of nitrogens with zero attached hydrogens (tertiary/aromatic N) is 3. The molecule has 9 heteroatoms. The van der Waals surface area contributed by atoms with Gasteiger partial charge in [-0.1, -0.05) is 6.42 Å². The highest BCUT2D eigenvalue weighted by Gasteiger charge is 2.80. The number of nitriles is 3. The fourth-order valence-corrected chi connectivity index (χ4v) is 5.41. The van der Waals surface area contributed by atoms with Crippen LogP contribution in [-0.4, -0.2) is 33.0 Å². The Kier molecular flexibility index (Phi) is 4.72. The van der Waals surface area contributed by atoms with Gasteiger partial charge in [-0.25, -0.2) is 0 Å². The Morgan fingerprint density at radius 3 is 2.16 bits per heavy atom. The van der Waals surface area contributed by atoms with Crippen LogP contribution in [0.1, 0.15) is 37.4 Å². The highest BCUT2D eigenvalue weighted by atomic mass is 16.7. The molecule has 3 aliphatic rings. The van der Waals surface area contributed by atoms with Gasteiger partial charge in [0, 0.05) is 6.42 Å². The third-order valence-corrected chi connectivity index (χ3v) is 6.81. The maximum atomic E-state index is 10.3. The Labute approximate surface area is 180 Å². The zero-order valence-corrected chi connectivity index (χ0v) is 17.5. The maximum Gasteiger partial charge on any atom is 0.217 e. The molecular weight excluding hydrogens is 400 g/mol. The van der Waals surface area contributed by atoms with Gasteiger partial charge in [0.1, 0.15) is 6.10 Å². The van der Waals surface area contributed by atoms with Crippen molar-refractivity contribution in [2.45, 2.75) is 37.6 Å². The third kappa shape index (κ3) is 2.34. The van der Waals surface area contributed by atoms with Gasteiger partial charge in [0.2, 0.25) is 22.8 Å². The Hall–Kier alpha value is -3.48. The van der Waals surface area contributed by atoms with E-state index in [2.05, 4.69) is 18.2 Å². The zero-order valence-electron chi connectivity index (χ0n) is 17.5. The van der Waals surface area contributed by atoms with Crippen LogP contribution in [0.3, 0.4) is 0 Å². The molecule has 4 rings (SSSR count). The Bertz CT molecular complexity index is 1030. The average molecular weight is 422 g/mol. The molecule has 1 aromatic rings. The molecule has 2 aliphatic heterocycles. The molecule has 0 spiro atoms. The predicted octanol–water partition coefficient (Wildman–Crippen LogP) is 3.22. The van der Waals surface area contributed by atoms with Crippen LogP contribution in [0.25, 0.3) is 0 Å². The highest BCUT2D eigenvalue weighted by Crippen LogP contribution is 2.69. The van der Waals surface area contributed by atoms with E-state index in [-0.39, 0.29) is 5.90 Å². The first-order valence-corrected chi connectivity index (χ1v) is 9.93. The lowest BCUT2D eigenvalue weighted by Crippen LogP contribution is -2.60. The molecule has 1 N–H and O–H groups in total. The quantitative estimate of drug-likeness (QED) is 0.779. The Morgan fingerprint density at radius 1 is 1.00 bits per heavy atom. The minimum absolute atomic E-state index is 0.322. The first-order valence-electron chi connectivity index (χ1n) is 9.93. The van der Waals surface area contributed by atoms with Crippen LogP contribution in [0, 0.1) is 56.2 Å².